The van der Waals surface area contributed by atoms with Crippen LogP contribution in [0.25, 0.3) is 0 Å². The molecule has 6 nitrogen and oxygen atoms in total. The van der Waals surface area contributed by atoms with Crippen molar-refractivity contribution in [3.05, 3.63) is 30.1 Å². The summed E-state index contributed by atoms with van der Waals surface area (Å²) in [6.07, 6.45) is 7.00. The zero-order chi connectivity index (χ0) is 18.5. The molecule has 2 aliphatic rings. The second-order valence-corrected chi connectivity index (χ2v) is 7.79. The zero-order valence-electron chi connectivity index (χ0n) is 15.9. The van der Waals surface area contributed by atoms with Gasteiger partial charge in [-0.25, -0.2) is 0 Å². The number of likely N-dealkylation sites (tertiary alicyclic amines) is 2. The highest BCUT2D eigenvalue weighted by Gasteiger charge is 2.36. The molecular formula is C20H30N4O2. The molecule has 1 aromatic rings. The molecule has 0 unspecified atom stereocenters. The van der Waals surface area contributed by atoms with Gasteiger partial charge in [0.1, 0.15) is 6.04 Å². The number of aromatic nitrogens is 1. The fourth-order valence-corrected chi connectivity index (χ4v) is 4.04. The zero-order valence-corrected chi connectivity index (χ0v) is 15.9. The van der Waals surface area contributed by atoms with Gasteiger partial charge < -0.3 is 10.2 Å². The van der Waals surface area contributed by atoms with Crippen molar-refractivity contribution in [2.24, 2.45) is 5.92 Å². The second-order valence-electron chi connectivity index (χ2n) is 7.79. The van der Waals surface area contributed by atoms with Gasteiger partial charge in [0.2, 0.25) is 11.8 Å². The Morgan fingerprint density at radius 2 is 1.92 bits per heavy atom. The largest absolute Gasteiger partial charge is 0.351 e. The van der Waals surface area contributed by atoms with Gasteiger partial charge >= 0.3 is 0 Å². The van der Waals surface area contributed by atoms with Crippen LogP contribution >= 0.6 is 0 Å². The van der Waals surface area contributed by atoms with E-state index in [9.17, 15) is 9.59 Å². The first-order valence-corrected chi connectivity index (χ1v) is 9.75. The number of hydrogen-bond acceptors (Lipinski definition) is 4. The minimum atomic E-state index is -0.333. The van der Waals surface area contributed by atoms with Crippen molar-refractivity contribution in [2.45, 2.75) is 58.2 Å². The number of carbonyl (C=O) groups is 2. The van der Waals surface area contributed by atoms with Crippen LogP contribution in [0.2, 0.25) is 0 Å². The van der Waals surface area contributed by atoms with E-state index in [0.29, 0.717) is 13.0 Å². The van der Waals surface area contributed by atoms with Gasteiger partial charge in [-0.15, -0.1) is 0 Å². The third kappa shape index (κ3) is 4.61. The smallest absolute Gasteiger partial charge is 0.243 e. The van der Waals surface area contributed by atoms with Crippen molar-refractivity contribution in [1.29, 1.82) is 0 Å². The molecule has 0 radical (unpaired) electrons. The van der Waals surface area contributed by atoms with E-state index >= 15 is 0 Å². The molecule has 2 saturated heterocycles. The quantitative estimate of drug-likeness (QED) is 0.842. The maximum absolute atomic E-state index is 12.8. The summed E-state index contributed by atoms with van der Waals surface area (Å²) in [5.41, 5.74) is 1.27. The lowest BCUT2D eigenvalue weighted by Crippen LogP contribution is -2.54. The van der Waals surface area contributed by atoms with Crippen molar-refractivity contribution in [1.82, 2.24) is 20.1 Å². The SMILES string of the molecule is CC(C)[C@H](C(=O)NC1CCN(Cc2ccncc2)CC1)N1CCCC1=O. The van der Waals surface area contributed by atoms with E-state index < -0.39 is 0 Å². The lowest BCUT2D eigenvalue weighted by molar-refractivity contribution is -0.139. The van der Waals surface area contributed by atoms with Gasteiger partial charge in [0.15, 0.2) is 0 Å². The Morgan fingerprint density at radius 3 is 2.50 bits per heavy atom. The summed E-state index contributed by atoms with van der Waals surface area (Å²) in [5, 5.41) is 3.21. The van der Waals surface area contributed by atoms with Crippen LogP contribution in [0.4, 0.5) is 0 Å². The summed E-state index contributed by atoms with van der Waals surface area (Å²) in [6.45, 7) is 7.63. The highest BCUT2D eigenvalue weighted by atomic mass is 16.2. The van der Waals surface area contributed by atoms with Crippen LogP contribution < -0.4 is 5.32 Å². The van der Waals surface area contributed by atoms with E-state index in [-0.39, 0.29) is 29.8 Å². The fraction of sp³-hybridized carbons (Fsp3) is 0.650. The average Bonchev–Trinajstić information content (AvgIpc) is 3.03. The standard InChI is InChI=1S/C20H30N4O2/c1-15(2)19(24-11-3-4-18(24)25)20(26)22-17-7-12-23(13-8-17)14-16-5-9-21-10-6-16/h5-6,9-10,15,17,19H,3-4,7-8,11-14H2,1-2H3,(H,22,26)/t19-/m1/s1. The Hall–Kier alpha value is -1.95. The minimum absolute atomic E-state index is 0.0165. The van der Waals surface area contributed by atoms with Crippen LogP contribution in [0.5, 0.6) is 0 Å². The topological polar surface area (TPSA) is 65.5 Å². The molecule has 3 rings (SSSR count). The molecule has 0 saturated carbocycles. The molecule has 1 N–H and O–H groups in total. The van der Waals surface area contributed by atoms with Crippen molar-refractivity contribution < 1.29 is 9.59 Å². The van der Waals surface area contributed by atoms with E-state index in [2.05, 4.69) is 15.2 Å². The molecule has 2 amide bonds. The molecule has 2 fully saturated rings. The molecule has 3 heterocycles. The molecular weight excluding hydrogens is 328 g/mol. The maximum Gasteiger partial charge on any atom is 0.243 e. The van der Waals surface area contributed by atoms with E-state index in [1.54, 1.807) is 4.90 Å². The van der Waals surface area contributed by atoms with Crippen molar-refractivity contribution >= 4 is 11.8 Å². The monoisotopic (exact) mass is 358 g/mol. The fourth-order valence-electron chi connectivity index (χ4n) is 4.04. The van der Waals surface area contributed by atoms with Crippen molar-refractivity contribution in [2.75, 3.05) is 19.6 Å². The Balaban J connectivity index is 1.50. The van der Waals surface area contributed by atoms with Gasteiger partial charge in [-0.05, 0) is 42.9 Å². The van der Waals surface area contributed by atoms with Crippen LogP contribution in [0, 0.1) is 5.92 Å². The molecule has 2 aliphatic heterocycles. The normalized spacial score (nSPS) is 20.6. The first-order chi connectivity index (χ1) is 12.5. The van der Waals surface area contributed by atoms with Gasteiger partial charge in [0, 0.05) is 51.0 Å². The van der Waals surface area contributed by atoms with Crippen molar-refractivity contribution in [3.63, 3.8) is 0 Å². The number of nitrogens with one attached hydrogen (secondary N) is 1. The van der Waals surface area contributed by atoms with Gasteiger partial charge in [0.25, 0.3) is 0 Å². The lowest BCUT2D eigenvalue weighted by atomic mass is 9.99. The predicted molar refractivity (Wildman–Crippen MR) is 100 cm³/mol. The van der Waals surface area contributed by atoms with Crippen molar-refractivity contribution in [3.8, 4) is 0 Å². The van der Waals surface area contributed by atoms with Gasteiger partial charge in [-0.1, -0.05) is 13.8 Å². The first-order valence-electron chi connectivity index (χ1n) is 9.75. The predicted octanol–water partition coefficient (Wildman–Crippen LogP) is 1.81. The molecule has 0 aliphatic carbocycles. The van der Waals surface area contributed by atoms with Crippen LogP contribution in [0.3, 0.4) is 0 Å². The average molecular weight is 358 g/mol. The van der Waals surface area contributed by atoms with Crippen LogP contribution in [-0.2, 0) is 16.1 Å². The highest BCUT2D eigenvalue weighted by Crippen LogP contribution is 2.20. The number of nitrogens with zero attached hydrogens (tertiary/aromatic N) is 3. The Morgan fingerprint density at radius 1 is 1.23 bits per heavy atom. The highest BCUT2D eigenvalue weighted by molar-refractivity contribution is 5.89. The molecule has 1 aromatic heterocycles. The third-order valence-corrected chi connectivity index (χ3v) is 5.44. The number of rotatable bonds is 6. The second kappa shape index (κ2) is 8.62. The summed E-state index contributed by atoms with van der Waals surface area (Å²) in [4.78, 5) is 33.2. The molecule has 6 heteroatoms. The van der Waals surface area contributed by atoms with Crippen LogP contribution in [-0.4, -0.2) is 58.3 Å². The first kappa shape index (κ1) is 18.8. The molecule has 142 valence electrons. The molecule has 1 atom stereocenters. The Bertz CT molecular complexity index is 611. The molecule has 0 spiro atoms. The number of carbonyl (C=O) groups excluding carboxylic acids is 2. The number of piperidine rings is 1. The molecule has 26 heavy (non-hydrogen) atoms. The minimum Gasteiger partial charge on any atom is -0.351 e. The number of amides is 2. The van der Waals surface area contributed by atoms with E-state index in [0.717, 1.165) is 38.9 Å². The number of pyridine rings is 1. The van der Waals surface area contributed by atoms with E-state index in [4.69, 9.17) is 0 Å². The molecule has 0 aromatic carbocycles. The maximum atomic E-state index is 12.8. The molecule has 0 bridgehead atoms. The summed E-state index contributed by atoms with van der Waals surface area (Å²) >= 11 is 0. The van der Waals surface area contributed by atoms with E-state index in [1.165, 1.54) is 5.56 Å². The summed E-state index contributed by atoms with van der Waals surface area (Å²) in [5.74, 6) is 0.262. The lowest BCUT2D eigenvalue weighted by Gasteiger charge is -2.35. The summed E-state index contributed by atoms with van der Waals surface area (Å²) in [7, 11) is 0. The van der Waals surface area contributed by atoms with Crippen LogP contribution in [0.1, 0.15) is 45.1 Å². The Kier molecular flexibility index (Phi) is 6.25. The van der Waals surface area contributed by atoms with Gasteiger partial charge in [-0.3, -0.25) is 19.5 Å². The number of hydrogen-bond donors (Lipinski definition) is 1. The summed E-state index contributed by atoms with van der Waals surface area (Å²) < 4.78 is 0. The van der Waals surface area contributed by atoms with Gasteiger partial charge in [-0.2, -0.15) is 0 Å². The Labute approximate surface area is 156 Å². The third-order valence-electron chi connectivity index (χ3n) is 5.44. The van der Waals surface area contributed by atoms with E-state index in [1.807, 2.05) is 38.4 Å². The van der Waals surface area contributed by atoms with Gasteiger partial charge in [0.05, 0.1) is 0 Å². The van der Waals surface area contributed by atoms with Crippen LogP contribution in [0.15, 0.2) is 24.5 Å². The summed E-state index contributed by atoms with van der Waals surface area (Å²) in [6, 6.07) is 3.97.